The highest BCUT2D eigenvalue weighted by molar-refractivity contribution is 5.70. The van der Waals surface area contributed by atoms with Crippen LogP contribution in [0.3, 0.4) is 0 Å². The summed E-state index contributed by atoms with van der Waals surface area (Å²) in [5.41, 5.74) is 0. The Morgan fingerprint density at radius 3 is 0.802 bits per heavy atom. The summed E-state index contributed by atoms with van der Waals surface area (Å²) in [4.78, 5) is 24.7. The molecular formula is C76H140O5. The van der Waals surface area contributed by atoms with Crippen molar-refractivity contribution in [3.8, 4) is 0 Å². The first-order valence-electron chi connectivity index (χ1n) is 36.3. The van der Waals surface area contributed by atoms with Gasteiger partial charge in [0.05, 0.1) is 6.61 Å². The Kier molecular flexibility index (Phi) is 69.7. The van der Waals surface area contributed by atoms with Crippen LogP contribution in [0.15, 0.2) is 60.8 Å². The van der Waals surface area contributed by atoms with Crippen molar-refractivity contribution in [2.75, 3.05) is 13.2 Å². The van der Waals surface area contributed by atoms with Crippen molar-refractivity contribution >= 4 is 11.9 Å². The molecule has 1 N–H and O–H groups in total. The third kappa shape index (κ3) is 70.0. The minimum atomic E-state index is -0.773. The molecule has 0 aromatic carbocycles. The van der Waals surface area contributed by atoms with Crippen molar-refractivity contribution in [3.63, 3.8) is 0 Å². The van der Waals surface area contributed by atoms with Crippen LogP contribution in [-0.4, -0.2) is 36.4 Å². The molecule has 1 unspecified atom stereocenters. The van der Waals surface area contributed by atoms with Crippen molar-refractivity contribution in [2.24, 2.45) is 0 Å². The molecule has 5 nitrogen and oxygen atoms in total. The molecule has 474 valence electrons. The molecule has 0 bridgehead atoms. The Balaban J connectivity index is 3.39. The third-order valence-corrected chi connectivity index (χ3v) is 16.6. The fourth-order valence-corrected chi connectivity index (χ4v) is 11.2. The van der Waals surface area contributed by atoms with E-state index in [0.29, 0.717) is 12.8 Å². The molecule has 0 spiro atoms. The largest absolute Gasteiger partial charge is 0.462 e. The van der Waals surface area contributed by atoms with E-state index in [0.717, 1.165) is 64.2 Å². The fraction of sp³-hybridized carbons (Fsp3) is 0.842. The van der Waals surface area contributed by atoms with E-state index in [1.54, 1.807) is 0 Å². The second-order valence-corrected chi connectivity index (χ2v) is 24.7. The van der Waals surface area contributed by atoms with E-state index < -0.39 is 6.10 Å². The van der Waals surface area contributed by atoms with Crippen LogP contribution in [0, 0.1) is 0 Å². The maximum atomic E-state index is 12.4. The van der Waals surface area contributed by atoms with Gasteiger partial charge in [-0.1, -0.05) is 383 Å². The number of esters is 2. The standard InChI is InChI=1S/C76H140O5/c1-3-5-7-9-11-13-15-17-19-21-23-25-27-29-31-33-35-36-37-38-39-41-42-44-46-48-50-52-54-56-58-60-62-64-66-68-70-75(78)80-73-74(72-77)81-76(79)71-69-67-65-63-61-59-57-55-53-51-49-47-45-43-40-34-32-30-28-26-24-22-20-18-16-14-12-10-8-6-4-2/h6,8,12,14,18,20,24,26,30,32,74,77H,3-5,7,9-11,13,15-17,19,21-23,25,27-29,31,33-73H2,1-2H3/b8-6-,14-12-,20-18-,26-24-,32-30-. The topological polar surface area (TPSA) is 72.8 Å². The fourth-order valence-electron chi connectivity index (χ4n) is 11.2. The predicted octanol–water partition coefficient (Wildman–Crippen LogP) is 25.3. The number of rotatable bonds is 68. The maximum absolute atomic E-state index is 12.4. The Morgan fingerprint density at radius 1 is 0.296 bits per heavy atom. The van der Waals surface area contributed by atoms with Crippen LogP contribution in [0.1, 0.15) is 393 Å². The van der Waals surface area contributed by atoms with Gasteiger partial charge in [0.15, 0.2) is 6.10 Å². The molecule has 0 fully saturated rings. The van der Waals surface area contributed by atoms with Crippen molar-refractivity contribution in [1.29, 1.82) is 0 Å². The Labute approximate surface area is 506 Å². The molecule has 0 amide bonds. The number of hydrogen-bond donors (Lipinski definition) is 1. The molecule has 0 saturated heterocycles. The lowest BCUT2D eigenvalue weighted by Crippen LogP contribution is -2.28. The van der Waals surface area contributed by atoms with E-state index in [1.165, 1.54) is 302 Å². The van der Waals surface area contributed by atoms with Crippen molar-refractivity contribution in [1.82, 2.24) is 0 Å². The number of ether oxygens (including phenoxy) is 2. The Morgan fingerprint density at radius 2 is 0.531 bits per heavy atom. The second kappa shape index (κ2) is 71.9. The summed E-state index contributed by atoms with van der Waals surface area (Å²) in [7, 11) is 0. The van der Waals surface area contributed by atoms with Crippen LogP contribution >= 0.6 is 0 Å². The average molecular weight is 1130 g/mol. The zero-order valence-corrected chi connectivity index (χ0v) is 54.6. The number of aliphatic hydroxyl groups excluding tert-OH is 1. The molecule has 0 aliphatic rings. The van der Waals surface area contributed by atoms with Gasteiger partial charge in [-0.15, -0.1) is 0 Å². The smallest absolute Gasteiger partial charge is 0.306 e. The lowest BCUT2D eigenvalue weighted by molar-refractivity contribution is -0.161. The number of hydrogen-bond acceptors (Lipinski definition) is 5. The molecule has 5 heteroatoms. The summed E-state index contributed by atoms with van der Waals surface area (Å²) in [5, 5.41) is 9.71. The minimum Gasteiger partial charge on any atom is -0.462 e. The first kappa shape index (κ1) is 78.6. The number of allylic oxidation sites excluding steroid dienone is 10. The average Bonchev–Trinajstić information content (AvgIpc) is 3.47. The highest BCUT2D eigenvalue weighted by Crippen LogP contribution is 2.19. The van der Waals surface area contributed by atoms with Gasteiger partial charge in [0.25, 0.3) is 0 Å². The number of aliphatic hydroxyl groups is 1. The van der Waals surface area contributed by atoms with E-state index in [1.807, 2.05) is 0 Å². The van der Waals surface area contributed by atoms with Gasteiger partial charge in [-0.2, -0.15) is 0 Å². The molecule has 0 saturated carbocycles. The van der Waals surface area contributed by atoms with Crippen LogP contribution in [0.4, 0.5) is 0 Å². The van der Waals surface area contributed by atoms with Crippen LogP contribution in [0.2, 0.25) is 0 Å². The lowest BCUT2D eigenvalue weighted by Gasteiger charge is -2.15. The Hall–Kier alpha value is -2.40. The number of unbranched alkanes of at least 4 members (excludes halogenated alkanes) is 50. The summed E-state index contributed by atoms with van der Waals surface area (Å²) in [5.74, 6) is -0.570. The van der Waals surface area contributed by atoms with Gasteiger partial charge in [-0.05, 0) is 57.8 Å². The van der Waals surface area contributed by atoms with Gasteiger partial charge in [-0.3, -0.25) is 9.59 Å². The monoisotopic (exact) mass is 1130 g/mol. The Bertz CT molecular complexity index is 1380. The summed E-state index contributed by atoms with van der Waals surface area (Å²) >= 11 is 0. The van der Waals surface area contributed by atoms with Gasteiger partial charge in [0.1, 0.15) is 6.61 Å². The molecule has 0 aromatic heterocycles. The molecular weight excluding hydrogens is 993 g/mol. The quantitative estimate of drug-likeness (QED) is 0.0373. The summed E-state index contributed by atoms with van der Waals surface area (Å²) in [6.07, 6.45) is 98.5. The number of carbonyl (C=O) groups excluding carboxylic acids is 2. The summed E-state index contributed by atoms with van der Waals surface area (Å²) in [6, 6.07) is 0. The highest BCUT2D eigenvalue weighted by Gasteiger charge is 2.16. The highest BCUT2D eigenvalue weighted by atomic mass is 16.6. The second-order valence-electron chi connectivity index (χ2n) is 24.7. The van der Waals surface area contributed by atoms with Crippen LogP contribution in [-0.2, 0) is 19.1 Å². The first-order valence-corrected chi connectivity index (χ1v) is 36.3. The molecule has 1 atom stereocenters. The molecule has 0 rings (SSSR count). The van der Waals surface area contributed by atoms with E-state index in [2.05, 4.69) is 74.6 Å². The predicted molar refractivity (Wildman–Crippen MR) is 357 cm³/mol. The summed E-state index contributed by atoms with van der Waals surface area (Å²) < 4.78 is 10.8. The van der Waals surface area contributed by atoms with E-state index >= 15 is 0 Å². The van der Waals surface area contributed by atoms with E-state index in [9.17, 15) is 14.7 Å². The summed E-state index contributed by atoms with van der Waals surface area (Å²) in [6.45, 7) is 4.09. The SMILES string of the molecule is CC/C=C\C/C=C\C/C=C\C/C=C\C/C=C\CCCCCCCCCCCCCCCCCC(=O)OC(CO)COC(=O)CCCCCCCCCCCCCCCCCCCCCCCCCCCCCCCCCCCCCC. The molecule has 0 radical (unpaired) electrons. The molecule has 0 heterocycles. The van der Waals surface area contributed by atoms with Gasteiger partial charge in [0, 0.05) is 12.8 Å². The minimum absolute atomic E-state index is 0.0618. The molecule has 0 aromatic rings. The van der Waals surface area contributed by atoms with Crippen LogP contribution in [0.25, 0.3) is 0 Å². The van der Waals surface area contributed by atoms with E-state index in [-0.39, 0.29) is 25.2 Å². The first-order chi connectivity index (χ1) is 40.1. The van der Waals surface area contributed by atoms with Gasteiger partial charge in [-0.25, -0.2) is 0 Å². The maximum Gasteiger partial charge on any atom is 0.306 e. The molecule has 0 aliphatic heterocycles. The van der Waals surface area contributed by atoms with E-state index in [4.69, 9.17) is 9.47 Å². The van der Waals surface area contributed by atoms with Gasteiger partial charge < -0.3 is 14.6 Å². The van der Waals surface area contributed by atoms with Crippen molar-refractivity contribution < 1.29 is 24.2 Å². The van der Waals surface area contributed by atoms with Crippen LogP contribution in [0.5, 0.6) is 0 Å². The molecule has 81 heavy (non-hydrogen) atoms. The number of carbonyl (C=O) groups is 2. The zero-order valence-electron chi connectivity index (χ0n) is 54.6. The normalized spacial score (nSPS) is 12.5. The van der Waals surface area contributed by atoms with Crippen LogP contribution < -0.4 is 0 Å². The third-order valence-electron chi connectivity index (χ3n) is 16.6. The zero-order chi connectivity index (χ0) is 58.4. The lowest BCUT2D eigenvalue weighted by atomic mass is 10.0. The van der Waals surface area contributed by atoms with Crippen molar-refractivity contribution in [2.45, 2.75) is 399 Å². The van der Waals surface area contributed by atoms with Crippen molar-refractivity contribution in [3.05, 3.63) is 60.8 Å². The van der Waals surface area contributed by atoms with Gasteiger partial charge in [0.2, 0.25) is 0 Å². The molecule has 0 aliphatic carbocycles. The van der Waals surface area contributed by atoms with Gasteiger partial charge >= 0.3 is 11.9 Å².